The molecule has 2 amide bonds. The zero-order valence-corrected chi connectivity index (χ0v) is 9.37. The quantitative estimate of drug-likeness (QED) is 0.752. The van der Waals surface area contributed by atoms with Gasteiger partial charge in [-0.15, -0.1) is 0 Å². The van der Waals surface area contributed by atoms with E-state index in [1.165, 1.54) is 12.3 Å². The molecule has 7 heteroatoms. The zero-order valence-electron chi connectivity index (χ0n) is 9.37. The average Bonchev–Trinajstić information content (AvgIpc) is 2.72. The number of pyridine rings is 1. The van der Waals surface area contributed by atoms with Crippen molar-refractivity contribution in [3.05, 3.63) is 30.1 Å². The highest BCUT2D eigenvalue weighted by molar-refractivity contribution is 5.99. The Kier molecular flexibility index (Phi) is 3.22. The Hall–Kier alpha value is -2.44. The summed E-state index contributed by atoms with van der Waals surface area (Å²) in [6.07, 6.45) is 0.299. The van der Waals surface area contributed by atoms with Crippen molar-refractivity contribution >= 4 is 17.8 Å². The van der Waals surface area contributed by atoms with Crippen LogP contribution in [0, 0.1) is 0 Å². The molecule has 18 heavy (non-hydrogen) atoms. The number of carbonyl (C=O) groups is 3. The Balaban J connectivity index is 2.01. The van der Waals surface area contributed by atoms with Crippen molar-refractivity contribution in [2.75, 3.05) is 13.1 Å². The van der Waals surface area contributed by atoms with Gasteiger partial charge in [0.15, 0.2) is 5.78 Å². The Morgan fingerprint density at radius 1 is 1.44 bits per heavy atom. The average molecular weight is 249 g/mol. The first-order valence-electron chi connectivity index (χ1n) is 5.30. The Morgan fingerprint density at radius 3 is 2.78 bits per heavy atom. The fourth-order valence-electron chi connectivity index (χ4n) is 1.69. The van der Waals surface area contributed by atoms with Crippen molar-refractivity contribution in [2.45, 2.75) is 6.04 Å². The number of nitrogens with zero attached hydrogens (tertiary/aromatic N) is 2. The second kappa shape index (κ2) is 4.82. The molecule has 1 aliphatic heterocycles. The maximum absolute atomic E-state index is 11.7. The second-order valence-corrected chi connectivity index (χ2v) is 3.87. The van der Waals surface area contributed by atoms with E-state index in [-0.39, 0.29) is 24.6 Å². The van der Waals surface area contributed by atoms with Gasteiger partial charge in [-0.05, 0) is 12.1 Å². The highest BCUT2D eigenvalue weighted by atomic mass is 16.4. The van der Waals surface area contributed by atoms with E-state index < -0.39 is 18.0 Å². The molecule has 1 unspecified atom stereocenters. The van der Waals surface area contributed by atoms with Crippen LogP contribution in [0.2, 0.25) is 0 Å². The molecule has 1 aromatic rings. The number of hydrogen-bond donors (Lipinski definition) is 2. The van der Waals surface area contributed by atoms with Gasteiger partial charge in [0.05, 0.1) is 13.1 Å². The molecule has 0 radical (unpaired) electrons. The molecule has 2 rings (SSSR count). The van der Waals surface area contributed by atoms with Gasteiger partial charge in [-0.1, -0.05) is 6.07 Å². The van der Waals surface area contributed by atoms with Crippen LogP contribution in [-0.2, 0) is 4.79 Å². The van der Waals surface area contributed by atoms with E-state index in [0.717, 1.165) is 4.90 Å². The number of aromatic nitrogens is 1. The highest BCUT2D eigenvalue weighted by Gasteiger charge is 2.34. The van der Waals surface area contributed by atoms with Gasteiger partial charge in [0.2, 0.25) is 0 Å². The second-order valence-electron chi connectivity index (χ2n) is 3.87. The molecule has 0 saturated carbocycles. The third-order valence-electron chi connectivity index (χ3n) is 2.61. The summed E-state index contributed by atoms with van der Waals surface area (Å²) < 4.78 is 0. The molecular weight excluding hydrogens is 238 g/mol. The van der Waals surface area contributed by atoms with Crippen LogP contribution in [-0.4, -0.2) is 51.9 Å². The monoisotopic (exact) mass is 249 g/mol. The molecule has 1 fully saturated rings. The van der Waals surface area contributed by atoms with Gasteiger partial charge >= 0.3 is 6.09 Å². The summed E-state index contributed by atoms with van der Waals surface area (Å²) in [6, 6.07) is 4.05. The number of likely N-dealkylation sites (tertiary alicyclic amines) is 1. The van der Waals surface area contributed by atoms with Crippen molar-refractivity contribution < 1.29 is 19.5 Å². The highest BCUT2D eigenvalue weighted by Crippen LogP contribution is 2.06. The van der Waals surface area contributed by atoms with Gasteiger partial charge < -0.3 is 10.4 Å². The van der Waals surface area contributed by atoms with E-state index in [1.54, 1.807) is 12.1 Å². The minimum atomic E-state index is -1.17. The Labute approximate surface area is 102 Å². The summed E-state index contributed by atoms with van der Waals surface area (Å²) >= 11 is 0. The summed E-state index contributed by atoms with van der Waals surface area (Å²) in [4.78, 5) is 38.8. The smallest absolute Gasteiger partial charge is 0.407 e. The lowest BCUT2D eigenvalue weighted by Crippen LogP contribution is -2.41. The van der Waals surface area contributed by atoms with Crippen LogP contribution in [0.4, 0.5) is 4.79 Å². The van der Waals surface area contributed by atoms with E-state index in [1.807, 2.05) is 0 Å². The molecule has 94 valence electrons. The van der Waals surface area contributed by atoms with Gasteiger partial charge in [-0.3, -0.25) is 19.5 Å². The largest absolute Gasteiger partial charge is 0.465 e. The molecule has 0 aliphatic carbocycles. The third kappa shape index (κ3) is 2.45. The van der Waals surface area contributed by atoms with Gasteiger partial charge in [0, 0.05) is 6.20 Å². The summed E-state index contributed by atoms with van der Waals surface area (Å²) in [5.41, 5.74) is 0.194. The van der Waals surface area contributed by atoms with Crippen LogP contribution in [0.5, 0.6) is 0 Å². The maximum atomic E-state index is 11.7. The van der Waals surface area contributed by atoms with E-state index in [9.17, 15) is 14.4 Å². The van der Waals surface area contributed by atoms with Crippen LogP contribution in [0.3, 0.4) is 0 Å². The van der Waals surface area contributed by atoms with E-state index in [4.69, 9.17) is 5.11 Å². The van der Waals surface area contributed by atoms with Crippen molar-refractivity contribution in [1.29, 1.82) is 0 Å². The number of Topliss-reactive ketones (excluding diaryl/α,β-unsaturated/α-hetero) is 1. The maximum Gasteiger partial charge on any atom is 0.407 e. The molecule has 2 N–H and O–H groups in total. The number of nitrogens with one attached hydrogen (secondary N) is 1. The molecular formula is C11H11N3O4. The van der Waals surface area contributed by atoms with Gasteiger partial charge in [-0.25, -0.2) is 4.79 Å². The zero-order chi connectivity index (χ0) is 13.1. The molecule has 1 atom stereocenters. The lowest BCUT2D eigenvalue weighted by atomic mass is 10.2. The third-order valence-corrected chi connectivity index (χ3v) is 2.61. The first-order valence-corrected chi connectivity index (χ1v) is 5.30. The molecule has 1 aromatic heterocycles. The van der Waals surface area contributed by atoms with Crippen molar-refractivity contribution in [3.8, 4) is 0 Å². The number of carbonyl (C=O) groups excluding carboxylic acids is 2. The SMILES string of the molecule is O=C(NC1CN(C(=O)O)CC1=O)c1ccccn1. The predicted molar refractivity (Wildman–Crippen MR) is 60.1 cm³/mol. The number of amides is 2. The number of ketones is 1. The Bertz CT molecular complexity index is 488. The number of carboxylic acid groups (broad SMARTS) is 1. The van der Waals surface area contributed by atoms with E-state index in [0.29, 0.717) is 0 Å². The molecule has 0 aromatic carbocycles. The summed E-state index contributed by atoms with van der Waals surface area (Å²) in [7, 11) is 0. The minimum absolute atomic E-state index is 0.0211. The standard InChI is InChI=1S/C11H11N3O4/c15-9-6-14(11(17)18)5-8(9)13-10(16)7-3-1-2-4-12-7/h1-4,8H,5-6H2,(H,13,16)(H,17,18). The number of hydrogen-bond acceptors (Lipinski definition) is 4. The molecule has 0 bridgehead atoms. The summed E-state index contributed by atoms with van der Waals surface area (Å²) in [5.74, 6) is -0.803. The van der Waals surface area contributed by atoms with Crippen LogP contribution in [0.15, 0.2) is 24.4 Å². The first kappa shape index (κ1) is 12.0. The topological polar surface area (TPSA) is 99.6 Å². The van der Waals surface area contributed by atoms with Crippen LogP contribution in [0.1, 0.15) is 10.5 Å². The van der Waals surface area contributed by atoms with Crippen molar-refractivity contribution in [1.82, 2.24) is 15.2 Å². The minimum Gasteiger partial charge on any atom is -0.465 e. The summed E-state index contributed by atoms with van der Waals surface area (Å²) in [5, 5.41) is 11.2. The molecule has 1 aliphatic rings. The van der Waals surface area contributed by atoms with Crippen LogP contribution < -0.4 is 5.32 Å². The van der Waals surface area contributed by atoms with Gasteiger partial charge in [-0.2, -0.15) is 0 Å². The Morgan fingerprint density at radius 2 is 2.22 bits per heavy atom. The van der Waals surface area contributed by atoms with Gasteiger partial charge in [0.1, 0.15) is 11.7 Å². The van der Waals surface area contributed by atoms with Crippen molar-refractivity contribution in [2.24, 2.45) is 0 Å². The normalized spacial score (nSPS) is 18.8. The number of rotatable bonds is 2. The predicted octanol–water partition coefficient (Wildman–Crippen LogP) is -0.257. The molecule has 1 saturated heterocycles. The lowest BCUT2D eigenvalue weighted by Gasteiger charge is -2.12. The van der Waals surface area contributed by atoms with E-state index >= 15 is 0 Å². The van der Waals surface area contributed by atoms with Crippen LogP contribution in [0.25, 0.3) is 0 Å². The fourth-order valence-corrected chi connectivity index (χ4v) is 1.69. The fraction of sp³-hybridized carbons (Fsp3) is 0.273. The molecule has 0 spiro atoms. The van der Waals surface area contributed by atoms with Gasteiger partial charge in [0.25, 0.3) is 5.91 Å². The lowest BCUT2D eigenvalue weighted by molar-refractivity contribution is -0.118. The first-order chi connectivity index (χ1) is 8.58. The summed E-state index contributed by atoms with van der Waals surface area (Å²) in [6.45, 7) is -0.213. The van der Waals surface area contributed by atoms with Crippen LogP contribution >= 0.6 is 0 Å². The van der Waals surface area contributed by atoms with E-state index in [2.05, 4.69) is 10.3 Å². The van der Waals surface area contributed by atoms with Crippen molar-refractivity contribution in [3.63, 3.8) is 0 Å². The molecule has 2 heterocycles. The molecule has 7 nitrogen and oxygen atoms in total.